The Morgan fingerprint density at radius 2 is 1.79 bits per heavy atom. The standard InChI is InChI=1S/C25H40N5O8P/c1-2-3-4-5-6-7-8-9-13-35-14-10-15-36-39(33,34)37-16-20-22(31)23(32)25(17-26,38-20)21-12-11-19-24(27)28-18-29-30(19)21/h11-12,18,20,22-23,31-32H,2-10,13-16H2,1H3,(H,33,34)(H2,27,28,29)/t20-,22-,23-,25+/m1/s1. The van der Waals surface area contributed by atoms with Crippen molar-refractivity contribution in [1.29, 1.82) is 5.26 Å². The Bertz CT molecular complexity index is 1130. The van der Waals surface area contributed by atoms with Gasteiger partial charge in [0, 0.05) is 13.2 Å². The lowest BCUT2D eigenvalue weighted by Gasteiger charge is -2.24. The number of nitrogen functional groups attached to an aromatic ring is 1. The monoisotopic (exact) mass is 569 g/mol. The molecule has 2 aromatic heterocycles. The smallest absolute Gasteiger partial charge is 0.387 e. The van der Waals surface area contributed by atoms with Crippen LogP contribution < -0.4 is 5.73 Å². The maximum atomic E-state index is 12.3. The molecule has 218 valence electrons. The average Bonchev–Trinajstić information content (AvgIpc) is 3.46. The first kappa shape index (κ1) is 31.4. The maximum Gasteiger partial charge on any atom is 0.472 e. The number of ether oxygens (including phenoxy) is 2. The van der Waals surface area contributed by atoms with Crippen LogP contribution in [0.5, 0.6) is 0 Å². The topological polar surface area (TPSA) is 195 Å². The van der Waals surface area contributed by atoms with E-state index in [0.29, 0.717) is 25.2 Å². The number of nitrogens with two attached hydrogens (primary N) is 1. The Kier molecular flexibility index (Phi) is 12.1. The molecule has 1 saturated heterocycles. The number of rotatable bonds is 18. The van der Waals surface area contributed by atoms with Crippen LogP contribution in [0.3, 0.4) is 0 Å². The fraction of sp³-hybridized carbons (Fsp3) is 0.720. The molecule has 3 rings (SSSR count). The minimum atomic E-state index is -4.48. The molecule has 0 radical (unpaired) electrons. The summed E-state index contributed by atoms with van der Waals surface area (Å²) >= 11 is 0. The number of fused-ring (bicyclic) bond motifs is 1. The van der Waals surface area contributed by atoms with Crippen LogP contribution in [0.25, 0.3) is 5.52 Å². The summed E-state index contributed by atoms with van der Waals surface area (Å²) in [6, 6.07) is 4.91. The highest BCUT2D eigenvalue weighted by atomic mass is 31.2. The van der Waals surface area contributed by atoms with E-state index in [2.05, 4.69) is 17.0 Å². The van der Waals surface area contributed by atoms with Crippen molar-refractivity contribution in [2.45, 2.75) is 88.6 Å². The van der Waals surface area contributed by atoms with Crippen molar-refractivity contribution in [1.82, 2.24) is 14.6 Å². The number of aromatic nitrogens is 3. The molecule has 0 amide bonds. The van der Waals surface area contributed by atoms with Gasteiger partial charge in [0.05, 0.1) is 18.9 Å². The van der Waals surface area contributed by atoms with Crippen molar-refractivity contribution in [3.8, 4) is 6.07 Å². The third-order valence-electron chi connectivity index (χ3n) is 6.72. The molecule has 0 aromatic carbocycles. The number of phosphoric ester groups is 1. The largest absolute Gasteiger partial charge is 0.472 e. The molecule has 5 N–H and O–H groups in total. The summed E-state index contributed by atoms with van der Waals surface area (Å²) in [4.78, 5) is 13.9. The highest BCUT2D eigenvalue weighted by molar-refractivity contribution is 7.47. The van der Waals surface area contributed by atoms with E-state index in [9.17, 15) is 24.9 Å². The lowest BCUT2D eigenvalue weighted by molar-refractivity contribution is -0.0643. The molecule has 1 aliphatic rings. The summed E-state index contributed by atoms with van der Waals surface area (Å²) in [7, 11) is -4.48. The Hall–Kier alpha value is -2.14. The predicted molar refractivity (Wildman–Crippen MR) is 141 cm³/mol. The van der Waals surface area contributed by atoms with Gasteiger partial charge in [-0.15, -0.1) is 0 Å². The van der Waals surface area contributed by atoms with Gasteiger partial charge in [-0.2, -0.15) is 10.4 Å². The molecule has 13 nitrogen and oxygen atoms in total. The number of anilines is 1. The van der Waals surface area contributed by atoms with Crippen LogP contribution in [0.4, 0.5) is 5.82 Å². The third kappa shape index (κ3) is 8.19. The number of hydrogen-bond donors (Lipinski definition) is 4. The average molecular weight is 570 g/mol. The zero-order chi connectivity index (χ0) is 28.3. The van der Waals surface area contributed by atoms with Gasteiger partial charge < -0.3 is 30.3 Å². The van der Waals surface area contributed by atoms with E-state index in [1.54, 1.807) is 6.07 Å². The highest BCUT2D eigenvalue weighted by Crippen LogP contribution is 2.46. The van der Waals surface area contributed by atoms with Gasteiger partial charge in [0.15, 0.2) is 5.82 Å². The summed E-state index contributed by atoms with van der Waals surface area (Å²) in [5.74, 6) is 0.147. The molecule has 0 spiro atoms. The van der Waals surface area contributed by atoms with E-state index >= 15 is 0 Å². The van der Waals surface area contributed by atoms with Crippen molar-refractivity contribution >= 4 is 19.2 Å². The van der Waals surface area contributed by atoms with Crippen LogP contribution in [-0.2, 0) is 28.7 Å². The molecule has 2 aromatic rings. The second-order valence-electron chi connectivity index (χ2n) is 9.64. The molecule has 5 atom stereocenters. The van der Waals surface area contributed by atoms with Crippen molar-refractivity contribution in [2.75, 3.05) is 32.2 Å². The maximum absolute atomic E-state index is 12.3. The fourth-order valence-electron chi connectivity index (χ4n) is 4.54. The predicted octanol–water partition coefficient (Wildman–Crippen LogP) is 2.83. The minimum Gasteiger partial charge on any atom is -0.387 e. The van der Waals surface area contributed by atoms with Crippen LogP contribution in [0.15, 0.2) is 18.5 Å². The summed E-state index contributed by atoms with van der Waals surface area (Å²) < 4.78 is 34.8. The van der Waals surface area contributed by atoms with Gasteiger partial charge in [-0.3, -0.25) is 9.05 Å². The van der Waals surface area contributed by atoms with Gasteiger partial charge in [-0.05, 0) is 25.0 Å². The zero-order valence-corrected chi connectivity index (χ0v) is 23.2. The lowest BCUT2D eigenvalue weighted by Crippen LogP contribution is -2.41. The molecule has 0 saturated carbocycles. The Labute approximate surface area is 228 Å². The summed E-state index contributed by atoms with van der Waals surface area (Å²) in [5, 5.41) is 35.2. The third-order valence-corrected chi connectivity index (χ3v) is 7.70. The van der Waals surface area contributed by atoms with Crippen LogP contribution in [0.2, 0.25) is 0 Å². The number of unbranched alkanes of at least 4 members (excludes halogenated alkanes) is 7. The van der Waals surface area contributed by atoms with Gasteiger partial charge in [0.25, 0.3) is 0 Å². The number of nitriles is 1. The van der Waals surface area contributed by atoms with Crippen LogP contribution >= 0.6 is 7.82 Å². The molecular formula is C25H40N5O8P. The Morgan fingerprint density at radius 1 is 1.10 bits per heavy atom. The summed E-state index contributed by atoms with van der Waals surface area (Å²) in [6.45, 7) is 2.56. The van der Waals surface area contributed by atoms with Gasteiger partial charge in [-0.25, -0.2) is 14.1 Å². The molecule has 1 unspecified atom stereocenters. The summed E-state index contributed by atoms with van der Waals surface area (Å²) in [6.07, 6.45) is 6.69. The zero-order valence-electron chi connectivity index (χ0n) is 22.4. The number of phosphoric acid groups is 1. The van der Waals surface area contributed by atoms with Crippen LogP contribution in [0.1, 0.15) is 70.4 Å². The minimum absolute atomic E-state index is 0.0681. The van der Waals surface area contributed by atoms with E-state index in [0.717, 1.165) is 12.8 Å². The Balaban J connectivity index is 1.39. The number of nitrogens with zero attached hydrogens (tertiary/aromatic N) is 4. The second kappa shape index (κ2) is 15.0. The van der Waals surface area contributed by atoms with Crippen molar-refractivity contribution < 1.29 is 38.2 Å². The SMILES string of the molecule is CCCCCCCCCCOCCCOP(=O)(O)OC[C@H]1O[C@@](C#N)(c2ccc3c(N)ncnn23)[C@H](O)[C@@H]1O. The highest BCUT2D eigenvalue weighted by Gasteiger charge is 2.57. The first-order valence-corrected chi connectivity index (χ1v) is 15.0. The number of hydrogen-bond acceptors (Lipinski definition) is 11. The van der Waals surface area contributed by atoms with Crippen LogP contribution in [-0.4, -0.2) is 74.4 Å². The molecule has 3 heterocycles. The quantitative estimate of drug-likeness (QED) is 0.152. The normalized spacial score (nSPS) is 24.6. The van der Waals surface area contributed by atoms with E-state index in [-0.39, 0.29) is 18.1 Å². The molecule has 14 heteroatoms. The van der Waals surface area contributed by atoms with Crippen molar-refractivity contribution in [3.63, 3.8) is 0 Å². The molecule has 0 bridgehead atoms. The van der Waals surface area contributed by atoms with Gasteiger partial charge in [0.2, 0.25) is 5.60 Å². The molecular weight excluding hydrogens is 529 g/mol. The van der Waals surface area contributed by atoms with Gasteiger partial charge in [-0.1, -0.05) is 51.9 Å². The molecule has 0 aliphatic carbocycles. The number of aliphatic hydroxyl groups is 2. The Morgan fingerprint density at radius 3 is 2.51 bits per heavy atom. The van der Waals surface area contributed by atoms with Gasteiger partial charge >= 0.3 is 7.82 Å². The molecule has 1 aliphatic heterocycles. The molecule has 39 heavy (non-hydrogen) atoms. The van der Waals surface area contributed by atoms with Crippen LogP contribution in [0, 0.1) is 11.3 Å². The van der Waals surface area contributed by atoms with Gasteiger partial charge in [0.1, 0.15) is 36.2 Å². The number of aliphatic hydroxyl groups excluding tert-OH is 2. The van der Waals surface area contributed by atoms with E-state index in [1.165, 1.54) is 55.4 Å². The van der Waals surface area contributed by atoms with E-state index < -0.39 is 38.3 Å². The van der Waals surface area contributed by atoms with Crippen molar-refractivity contribution in [2.24, 2.45) is 0 Å². The second-order valence-corrected chi connectivity index (χ2v) is 11.1. The summed E-state index contributed by atoms with van der Waals surface area (Å²) in [5.41, 5.74) is 4.29. The fourth-order valence-corrected chi connectivity index (χ4v) is 5.31. The first-order chi connectivity index (χ1) is 18.8. The lowest BCUT2D eigenvalue weighted by atomic mass is 9.92. The van der Waals surface area contributed by atoms with E-state index in [4.69, 9.17) is 24.3 Å². The van der Waals surface area contributed by atoms with E-state index in [1.807, 2.05) is 6.07 Å². The van der Waals surface area contributed by atoms with Crippen molar-refractivity contribution in [3.05, 3.63) is 24.2 Å². The molecule has 1 fully saturated rings. The first-order valence-electron chi connectivity index (χ1n) is 13.5.